The number of nitro benzene ring substituents is 1. The van der Waals surface area contributed by atoms with Crippen LogP contribution < -0.4 is 5.73 Å². The number of imidazole rings is 1. The number of rotatable bonds is 5. The zero-order valence-electron chi connectivity index (χ0n) is 17.1. The molecular formula is C18H19N6O8P. The summed E-state index contributed by atoms with van der Waals surface area (Å²) in [6, 6.07) is 5.92. The number of phosphoric acid groups is 1. The highest BCUT2D eigenvalue weighted by molar-refractivity contribution is 7.48. The first-order valence-electron chi connectivity index (χ1n) is 9.88. The fourth-order valence-corrected chi connectivity index (χ4v) is 5.48. The minimum Gasteiger partial charge on any atom is -0.386 e. The number of aromatic nitrogens is 4. The molecule has 2 aromatic heterocycles. The van der Waals surface area contributed by atoms with Crippen LogP contribution in [0, 0.1) is 10.1 Å². The largest absolute Gasteiger partial charge is 0.475 e. The minimum atomic E-state index is -4.18. The number of anilines is 1. The van der Waals surface area contributed by atoms with Crippen molar-refractivity contribution in [1.82, 2.24) is 19.5 Å². The number of para-hydroxylation sites is 1. The standard InChI is InChI=1S/C18H19N6O8P/c1-9(10-4-2-3-5-11(10)24(26)27)31-33(28)29-6-12-15(32-33)14(25)18(30-12)23-8-22-13-16(19)20-7-21-17(13)23/h2-5,7-9,12,14-15,18,25H,6H2,1H3,(H2,19,20,21)/t9-,12-,14-,15-,18-,33-/m1/s1. The number of benzene rings is 1. The Bertz CT molecular complexity index is 1270. The lowest BCUT2D eigenvalue weighted by molar-refractivity contribution is -0.386. The monoisotopic (exact) mass is 478 g/mol. The molecule has 3 N–H and O–H groups in total. The second-order valence-electron chi connectivity index (χ2n) is 7.52. The fourth-order valence-electron chi connectivity index (χ4n) is 3.92. The topological polar surface area (TPSA) is 187 Å². The van der Waals surface area contributed by atoms with Crippen molar-refractivity contribution in [2.75, 3.05) is 12.3 Å². The molecule has 6 atom stereocenters. The Hall–Kier alpha value is -3.00. The van der Waals surface area contributed by atoms with E-state index in [9.17, 15) is 19.8 Å². The summed E-state index contributed by atoms with van der Waals surface area (Å²) >= 11 is 0. The zero-order valence-corrected chi connectivity index (χ0v) is 18.0. The Morgan fingerprint density at radius 1 is 1.36 bits per heavy atom. The van der Waals surface area contributed by atoms with E-state index in [1.807, 2.05) is 0 Å². The molecule has 174 valence electrons. The zero-order chi connectivity index (χ0) is 23.3. The van der Waals surface area contributed by atoms with Crippen LogP contribution in [-0.4, -0.2) is 54.5 Å². The molecule has 0 unspecified atom stereocenters. The van der Waals surface area contributed by atoms with Crippen LogP contribution in [0.2, 0.25) is 0 Å². The van der Waals surface area contributed by atoms with Crippen LogP contribution >= 0.6 is 7.82 Å². The van der Waals surface area contributed by atoms with Gasteiger partial charge in [0.05, 0.1) is 29.5 Å². The van der Waals surface area contributed by atoms with E-state index >= 15 is 0 Å². The average Bonchev–Trinajstić information content (AvgIpc) is 3.35. The molecule has 2 aliphatic rings. The van der Waals surface area contributed by atoms with Crippen molar-refractivity contribution in [3.05, 3.63) is 52.6 Å². The normalized spacial score (nSPS) is 30.2. The van der Waals surface area contributed by atoms with Crippen molar-refractivity contribution in [1.29, 1.82) is 0 Å². The number of nitrogens with zero attached hydrogens (tertiary/aromatic N) is 5. The Morgan fingerprint density at radius 3 is 2.94 bits per heavy atom. The summed E-state index contributed by atoms with van der Waals surface area (Å²) in [4.78, 5) is 22.9. The van der Waals surface area contributed by atoms with Gasteiger partial charge in [-0.1, -0.05) is 12.1 Å². The molecule has 14 nitrogen and oxygen atoms in total. The van der Waals surface area contributed by atoms with Gasteiger partial charge < -0.3 is 15.6 Å². The third-order valence-corrected chi connectivity index (χ3v) is 7.02. The van der Waals surface area contributed by atoms with E-state index in [2.05, 4.69) is 15.0 Å². The molecule has 0 saturated carbocycles. The Kier molecular flexibility index (Phi) is 5.35. The van der Waals surface area contributed by atoms with Gasteiger partial charge in [-0.05, 0) is 13.0 Å². The van der Waals surface area contributed by atoms with Crippen molar-refractivity contribution in [3.63, 3.8) is 0 Å². The number of hydrogen-bond donors (Lipinski definition) is 2. The van der Waals surface area contributed by atoms with E-state index in [1.54, 1.807) is 6.07 Å². The third-order valence-electron chi connectivity index (χ3n) is 5.48. The Morgan fingerprint density at radius 2 is 2.15 bits per heavy atom. The van der Waals surface area contributed by atoms with E-state index in [4.69, 9.17) is 24.0 Å². The molecule has 0 aliphatic carbocycles. The summed E-state index contributed by atoms with van der Waals surface area (Å²) in [6.07, 6.45) is -2.38. The quantitative estimate of drug-likeness (QED) is 0.308. The molecule has 0 amide bonds. The van der Waals surface area contributed by atoms with Crippen molar-refractivity contribution >= 4 is 30.5 Å². The Labute approximate surface area is 186 Å². The fraction of sp³-hybridized carbons (Fsp3) is 0.389. The predicted molar refractivity (Wildman–Crippen MR) is 111 cm³/mol. The Balaban J connectivity index is 1.36. The van der Waals surface area contributed by atoms with Gasteiger partial charge in [0.1, 0.15) is 30.2 Å². The van der Waals surface area contributed by atoms with Gasteiger partial charge >= 0.3 is 7.82 Å². The van der Waals surface area contributed by atoms with Gasteiger partial charge in [0.2, 0.25) is 0 Å². The van der Waals surface area contributed by atoms with Crippen molar-refractivity contribution < 1.29 is 32.9 Å². The lowest BCUT2D eigenvalue weighted by Gasteiger charge is -2.32. The molecule has 2 saturated heterocycles. The first-order chi connectivity index (χ1) is 15.8. The molecular weight excluding hydrogens is 459 g/mol. The predicted octanol–water partition coefficient (Wildman–Crippen LogP) is 1.88. The van der Waals surface area contributed by atoms with E-state index in [1.165, 1.54) is 42.3 Å². The number of nitrogens with two attached hydrogens (primary N) is 1. The average molecular weight is 478 g/mol. The minimum absolute atomic E-state index is 0.171. The number of nitrogen functional groups attached to an aromatic ring is 1. The van der Waals surface area contributed by atoms with Crippen molar-refractivity contribution in [2.24, 2.45) is 0 Å². The maximum atomic E-state index is 13.2. The SMILES string of the molecule is C[C@@H](O[P@@]1(=O)OC[C@H]2O[C@@H](n3cnc4c(N)ncnc43)[C@H](O)[C@@H]2O1)c1ccccc1[N+](=O)[O-]. The van der Waals surface area contributed by atoms with E-state index in [-0.39, 0.29) is 23.7 Å². The smallest absolute Gasteiger partial charge is 0.386 e. The molecule has 15 heteroatoms. The molecule has 0 spiro atoms. The highest BCUT2D eigenvalue weighted by atomic mass is 31.2. The number of ether oxygens (including phenoxy) is 1. The van der Waals surface area contributed by atoms with Crippen molar-refractivity contribution in [2.45, 2.75) is 37.6 Å². The number of aliphatic hydroxyl groups excluding tert-OH is 1. The first kappa shape index (κ1) is 21.8. The number of hydrogen-bond acceptors (Lipinski definition) is 12. The van der Waals surface area contributed by atoms with Gasteiger partial charge in [-0.25, -0.2) is 19.5 Å². The summed E-state index contributed by atoms with van der Waals surface area (Å²) in [5.74, 6) is 0.171. The third kappa shape index (κ3) is 3.76. The summed E-state index contributed by atoms with van der Waals surface area (Å²) in [5, 5.41) is 22.2. The molecule has 3 aromatic rings. The molecule has 0 bridgehead atoms. The van der Waals surface area contributed by atoms with Crippen LogP contribution in [0.1, 0.15) is 24.8 Å². The molecule has 2 aliphatic heterocycles. The maximum Gasteiger partial charge on any atom is 0.475 e. The molecule has 0 radical (unpaired) electrons. The second kappa shape index (κ2) is 8.09. The number of fused-ring (bicyclic) bond motifs is 2. The summed E-state index contributed by atoms with van der Waals surface area (Å²) in [5.41, 5.74) is 6.51. The van der Waals surface area contributed by atoms with Crippen LogP contribution in [0.5, 0.6) is 0 Å². The molecule has 33 heavy (non-hydrogen) atoms. The van der Waals surface area contributed by atoms with Gasteiger partial charge in [0.15, 0.2) is 17.7 Å². The maximum absolute atomic E-state index is 13.2. The summed E-state index contributed by atoms with van der Waals surface area (Å²) in [6.45, 7) is 1.30. The van der Waals surface area contributed by atoms with Crippen LogP contribution in [0.3, 0.4) is 0 Å². The lowest BCUT2D eigenvalue weighted by Crippen LogP contribution is -2.39. The molecule has 2 fully saturated rings. The van der Waals surface area contributed by atoms with Gasteiger partial charge in [0.25, 0.3) is 5.69 Å². The van der Waals surface area contributed by atoms with Gasteiger partial charge in [-0.15, -0.1) is 0 Å². The molecule has 1 aromatic carbocycles. The van der Waals surface area contributed by atoms with E-state index < -0.39 is 43.4 Å². The van der Waals surface area contributed by atoms with E-state index in [0.29, 0.717) is 11.2 Å². The number of aliphatic hydroxyl groups is 1. The highest BCUT2D eigenvalue weighted by Gasteiger charge is 2.54. The van der Waals surface area contributed by atoms with Crippen LogP contribution in [-0.2, 0) is 22.9 Å². The molecule has 5 rings (SSSR count). The van der Waals surface area contributed by atoms with Gasteiger partial charge in [-0.3, -0.25) is 28.3 Å². The van der Waals surface area contributed by atoms with Crippen molar-refractivity contribution in [3.8, 4) is 0 Å². The van der Waals surface area contributed by atoms with E-state index in [0.717, 1.165) is 0 Å². The number of phosphoric ester groups is 1. The first-order valence-corrected chi connectivity index (χ1v) is 11.3. The summed E-state index contributed by atoms with van der Waals surface area (Å²) < 4.78 is 36.9. The van der Waals surface area contributed by atoms with Crippen LogP contribution in [0.4, 0.5) is 11.5 Å². The number of nitro groups is 1. The lowest BCUT2D eigenvalue weighted by atomic mass is 10.1. The van der Waals surface area contributed by atoms with Gasteiger partial charge in [-0.2, -0.15) is 0 Å². The van der Waals surface area contributed by atoms with Crippen LogP contribution in [0.25, 0.3) is 11.2 Å². The summed E-state index contributed by atoms with van der Waals surface area (Å²) in [7, 11) is -4.18. The highest BCUT2D eigenvalue weighted by Crippen LogP contribution is 2.59. The van der Waals surface area contributed by atoms with Crippen LogP contribution in [0.15, 0.2) is 36.9 Å². The second-order valence-corrected chi connectivity index (χ2v) is 9.09. The molecule has 4 heterocycles. The van der Waals surface area contributed by atoms with Gasteiger partial charge in [0, 0.05) is 6.07 Å².